The number of ether oxygens (including phenoxy) is 3. The molecule has 0 unspecified atom stereocenters. The van der Waals surface area contributed by atoms with Crippen LogP contribution in [0.1, 0.15) is 93.3 Å². The van der Waals surface area contributed by atoms with E-state index in [1.54, 1.807) is 53.7 Å². The van der Waals surface area contributed by atoms with Gasteiger partial charge < -0.3 is 28.6 Å². The second-order valence-electron chi connectivity index (χ2n) is 18.3. The lowest BCUT2D eigenvalue weighted by atomic mass is 9.97. The SMILES string of the molecule is CC(C)(C)OC(=O)N1CCC(c2nc(-c3cc(OC(F)(F)F)cc(C(C)(F)F)c3)c(Cl)s2)CC1.CC(F)(F)c1cc(OC(F)(F)F)cc(-c2nc(C3CCN(C(=O)Cn4cnc5cccnc54)CC3)sc2Cl)c1. The molecule has 2 aromatic carbocycles. The number of alkyl halides is 10. The molecule has 0 atom stereocenters. The van der Waals surface area contributed by atoms with Crippen LogP contribution in [-0.4, -0.2) is 90.8 Å². The van der Waals surface area contributed by atoms with Crippen LogP contribution < -0.4 is 9.47 Å². The fourth-order valence-electron chi connectivity index (χ4n) is 7.97. The first-order chi connectivity index (χ1) is 33.9. The van der Waals surface area contributed by atoms with Crippen LogP contribution in [0.4, 0.5) is 48.7 Å². The van der Waals surface area contributed by atoms with Gasteiger partial charge in [0.05, 0.1) is 16.3 Å². The smallest absolute Gasteiger partial charge is 0.444 e. The second kappa shape index (κ2) is 21.4. The highest BCUT2D eigenvalue weighted by Gasteiger charge is 2.36. The third-order valence-corrected chi connectivity index (χ3v) is 14.3. The Balaban J connectivity index is 0.000000216. The molecule has 6 aromatic rings. The quantitative estimate of drug-likeness (QED) is 0.123. The fraction of sp³-hybridized carbons (Fsp3) is 0.447. The number of likely N-dealkylation sites (tertiary alicyclic amines) is 2. The Morgan fingerprint density at radius 1 is 0.658 bits per heavy atom. The molecular weight excluding hydrogens is 1070 g/mol. The normalized spacial score (nSPS) is 15.6. The lowest BCUT2D eigenvalue weighted by Crippen LogP contribution is -2.41. The molecule has 0 saturated carbocycles. The van der Waals surface area contributed by atoms with E-state index < -0.39 is 58.9 Å². The molecule has 0 spiro atoms. The van der Waals surface area contributed by atoms with Crippen LogP contribution in [0, 0.1) is 0 Å². The number of piperidine rings is 2. The molecule has 8 rings (SSSR count). The predicted octanol–water partition coefficient (Wildman–Crippen LogP) is 14.2. The average Bonchev–Trinajstić information content (AvgIpc) is 4.00. The lowest BCUT2D eigenvalue weighted by molar-refractivity contribution is -0.275. The Morgan fingerprint density at radius 3 is 1.53 bits per heavy atom. The molecule has 0 aliphatic carbocycles. The van der Waals surface area contributed by atoms with Crippen molar-refractivity contribution in [2.75, 3.05) is 26.2 Å². The van der Waals surface area contributed by atoms with Gasteiger partial charge in [0.15, 0.2) is 5.65 Å². The molecule has 2 amide bonds. The summed E-state index contributed by atoms with van der Waals surface area (Å²) in [4.78, 5) is 46.0. The summed E-state index contributed by atoms with van der Waals surface area (Å²) in [7, 11) is 0. The van der Waals surface area contributed by atoms with Gasteiger partial charge in [-0.15, -0.1) is 49.0 Å². The van der Waals surface area contributed by atoms with E-state index in [9.17, 15) is 53.5 Å². The van der Waals surface area contributed by atoms with Crippen LogP contribution in [0.3, 0.4) is 0 Å². The van der Waals surface area contributed by atoms with E-state index in [1.165, 1.54) is 0 Å². The average molecular weight is 1110 g/mol. The standard InChI is InChI=1S/C25H21ClF5N5O2S.C22H24ClF5N2O3S/c1-24(27,28)16-9-15(10-17(11-16)38-25(29,30)31)20-21(26)39-23(34-20)14-4-7-35(8-5-14)19(37)12-36-13-33-18-3-2-6-32-22(18)36;1-20(2,3)33-19(31)30-7-5-12(6-8-30)18-29-16(17(23)34-18)13-9-14(21(4,24)25)11-15(10-13)32-22(26,27)28/h2-3,6,9-11,13-14H,4-5,7-8,12H2,1H3;9-12H,5-8H2,1-4H3. The molecule has 73 heavy (non-hydrogen) atoms. The van der Waals surface area contributed by atoms with Gasteiger partial charge in [-0.1, -0.05) is 23.2 Å². The van der Waals surface area contributed by atoms with Gasteiger partial charge in [0.2, 0.25) is 5.91 Å². The van der Waals surface area contributed by atoms with Gasteiger partial charge >= 0.3 is 18.8 Å². The summed E-state index contributed by atoms with van der Waals surface area (Å²) < 4.78 is 148. The monoisotopic (exact) mass is 1110 g/mol. The number of amides is 2. The van der Waals surface area contributed by atoms with Crippen molar-refractivity contribution in [2.24, 2.45) is 0 Å². The molecule has 4 aromatic heterocycles. The Kier molecular flexibility index (Phi) is 16.2. The minimum atomic E-state index is -5.05. The number of rotatable bonds is 10. The highest BCUT2D eigenvalue weighted by molar-refractivity contribution is 7.16. The number of aromatic nitrogens is 5. The van der Waals surface area contributed by atoms with E-state index >= 15 is 0 Å². The zero-order valence-corrected chi connectivity index (χ0v) is 42.5. The zero-order valence-electron chi connectivity index (χ0n) is 39.3. The number of pyridine rings is 1. The third-order valence-electron chi connectivity index (χ3n) is 11.4. The van der Waals surface area contributed by atoms with E-state index in [0.717, 1.165) is 46.9 Å². The molecule has 0 N–H and O–H groups in total. The van der Waals surface area contributed by atoms with Gasteiger partial charge in [-0.2, -0.15) is 0 Å². The van der Waals surface area contributed by atoms with Crippen molar-refractivity contribution in [3.63, 3.8) is 0 Å². The van der Waals surface area contributed by atoms with Crippen LogP contribution >= 0.6 is 45.9 Å². The van der Waals surface area contributed by atoms with Gasteiger partial charge in [-0.3, -0.25) is 4.79 Å². The predicted molar refractivity (Wildman–Crippen MR) is 253 cm³/mol. The fourth-order valence-corrected chi connectivity index (χ4v) is 10.7. The molecule has 2 aliphatic rings. The van der Waals surface area contributed by atoms with E-state index in [1.807, 2.05) is 6.07 Å². The van der Waals surface area contributed by atoms with Gasteiger partial charge in [-0.25, -0.2) is 42.3 Å². The first-order valence-corrected chi connectivity index (χ1v) is 24.7. The number of fused-ring (bicyclic) bond motifs is 1. The Morgan fingerprint density at radius 2 is 1.11 bits per heavy atom. The van der Waals surface area contributed by atoms with E-state index in [-0.39, 0.29) is 55.5 Å². The number of imidazole rings is 1. The Labute approximate surface area is 429 Å². The topological polar surface area (TPSA) is 125 Å². The molecule has 2 fully saturated rings. The number of halogens is 12. The molecule has 394 valence electrons. The first kappa shape index (κ1) is 55.3. The molecule has 0 radical (unpaired) electrons. The Bertz CT molecular complexity index is 2930. The summed E-state index contributed by atoms with van der Waals surface area (Å²) in [5.41, 5.74) is -0.388. The maximum absolute atomic E-state index is 14.0. The molecule has 26 heteroatoms. The highest BCUT2D eigenvalue weighted by atomic mass is 35.5. The van der Waals surface area contributed by atoms with Crippen molar-refractivity contribution >= 4 is 69.0 Å². The number of benzene rings is 2. The van der Waals surface area contributed by atoms with Crippen molar-refractivity contribution in [1.29, 1.82) is 0 Å². The van der Waals surface area contributed by atoms with Crippen LogP contribution in [0.15, 0.2) is 61.1 Å². The van der Waals surface area contributed by atoms with Crippen LogP contribution in [0.5, 0.6) is 11.5 Å². The molecule has 2 aliphatic heterocycles. The molecular formula is C47H45Cl2F10N7O5S2. The van der Waals surface area contributed by atoms with Crippen molar-refractivity contribution < 1.29 is 67.7 Å². The Hall–Kier alpha value is -5.46. The lowest BCUT2D eigenvalue weighted by Gasteiger charge is -2.32. The van der Waals surface area contributed by atoms with Gasteiger partial charge in [-0.05, 0) is 95.0 Å². The van der Waals surface area contributed by atoms with E-state index in [4.69, 9.17) is 27.9 Å². The minimum absolute atomic E-state index is 0.00281. The molecule has 0 bridgehead atoms. The number of thiazole rings is 2. The number of carbonyl (C=O) groups is 2. The molecule has 12 nitrogen and oxygen atoms in total. The van der Waals surface area contributed by atoms with Crippen molar-refractivity contribution in [3.8, 4) is 34.0 Å². The summed E-state index contributed by atoms with van der Waals surface area (Å²) >= 11 is 15.0. The summed E-state index contributed by atoms with van der Waals surface area (Å²) in [6.07, 6.45) is -4.94. The zero-order chi connectivity index (χ0) is 53.4. The largest absolute Gasteiger partial charge is 0.573 e. The van der Waals surface area contributed by atoms with Crippen molar-refractivity contribution in [1.82, 2.24) is 34.3 Å². The highest BCUT2D eigenvalue weighted by Crippen LogP contribution is 2.44. The minimum Gasteiger partial charge on any atom is -0.444 e. The van der Waals surface area contributed by atoms with Crippen LogP contribution in [0.2, 0.25) is 8.67 Å². The molecule has 6 heterocycles. The van der Waals surface area contributed by atoms with Gasteiger partial charge in [0.1, 0.15) is 49.2 Å². The third kappa shape index (κ3) is 14.7. The van der Waals surface area contributed by atoms with Crippen molar-refractivity contribution in [2.45, 2.75) is 109 Å². The van der Waals surface area contributed by atoms with E-state index in [0.29, 0.717) is 99.0 Å². The first-order valence-electron chi connectivity index (χ1n) is 22.3. The number of hydrogen-bond donors (Lipinski definition) is 0. The van der Waals surface area contributed by atoms with Gasteiger partial charge in [0.25, 0.3) is 11.8 Å². The summed E-state index contributed by atoms with van der Waals surface area (Å²) in [5.74, 6) is -8.55. The summed E-state index contributed by atoms with van der Waals surface area (Å²) in [6, 6.07) is 8.97. The summed E-state index contributed by atoms with van der Waals surface area (Å²) in [5, 5.41) is 1.25. The van der Waals surface area contributed by atoms with Crippen LogP contribution in [0.25, 0.3) is 33.7 Å². The number of nitrogens with zero attached hydrogens (tertiary/aromatic N) is 7. The van der Waals surface area contributed by atoms with Crippen molar-refractivity contribution in [3.05, 3.63) is 90.9 Å². The number of hydrogen-bond acceptors (Lipinski definition) is 11. The second-order valence-corrected chi connectivity index (χ2v) is 21.6. The summed E-state index contributed by atoms with van der Waals surface area (Å²) in [6.45, 7) is 8.43. The molecule has 2 saturated heterocycles. The number of carbonyl (C=O) groups excluding carboxylic acids is 2. The van der Waals surface area contributed by atoms with Crippen LogP contribution in [-0.2, 0) is 27.9 Å². The maximum atomic E-state index is 14.0. The maximum Gasteiger partial charge on any atom is 0.573 e. The van der Waals surface area contributed by atoms with Gasteiger partial charge in [0, 0.05) is 80.3 Å². The van der Waals surface area contributed by atoms with E-state index in [2.05, 4.69) is 29.4 Å².